The van der Waals surface area contributed by atoms with Gasteiger partial charge in [0.2, 0.25) is 0 Å². The molecule has 3 heteroatoms. The molecule has 1 aliphatic heterocycles. The molecule has 2 nitrogen and oxygen atoms in total. The molecule has 0 aromatic heterocycles. The smallest absolute Gasteiger partial charge is 0.0425 e. The van der Waals surface area contributed by atoms with Crippen LogP contribution >= 0.6 is 15.9 Å². The maximum absolute atomic E-state index is 3.64. The van der Waals surface area contributed by atoms with Crippen LogP contribution in [0.15, 0.2) is 22.7 Å². The van der Waals surface area contributed by atoms with Crippen LogP contribution in [0.25, 0.3) is 0 Å². The molecular weight excluding hydrogens is 324 g/mol. The van der Waals surface area contributed by atoms with Crippen LogP contribution in [0.2, 0.25) is 0 Å². The molecule has 21 heavy (non-hydrogen) atoms. The Morgan fingerprint density at radius 1 is 1.29 bits per heavy atom. The second-order valence-electron chi connectivity index (χ2n) is 6.98. The lowest BCUT2D eigenvalue weighted by atomic mass is 9.93. The van der Waals surface area contributed by atoms with Gasteiger partial charge in [0.15, 0.2) is 0 Å². The van der Waals surface area contributed by atoms with Crippen molar-refractivity contribution in [1.29, 1.82) is 0 Å². The standard InChI is InChI=1S/C18H29BrN2/c1-13(2)10-20-11-16-7-8-17(19)9-18(16)21-12-14(3)5-6-15(21)4/h7-9,13-15,20H,5-6,10-12H2,1-4H3. The second kappa shape index (κ2) is 7.64. The number of nitrogens with one attached hydrogen (secondary N) is 1. The number of benzene rings is 1. The molecule has 1 aliphatic rings. The summed E-state index contributed by atoms with van der Waals surface area (Å²) in [5, 5.41) is 3.58. The van der Waals surface area contributed by atoms with Gasteiger partial charge < -0.3 is 10.2 Å². The number of rotatable bonds is 5. The van der Waals surface area contributed by atoms with E-state index in [1.807, 2.05) is 0 Å². The highest BCUT2D eigenvalue weighted by Crippen LogP contribution is 2.32. The largest absolute Gasteiger partial charge is 0.368 e. The van der Waals surface area contributed by atoms with E-state index in [0.717, 1.165) is 19.0 Å². The summed E-state index contributed by atoms with van der Waals surface area (Å²) in [5.74, 6) is 1.48. The van der Waals surface area contributed by atoms with Gasteiger partial charge >= 0.3 is 0 Å². The Morgan fingerprint density at radius 3 is 2.76 bits per heavy atom. The number of hydrogen-bond donors (Lipinski definition) is 1. The van der Waals surface area contributed by atoms with Crippen molar-refractivity contribution in [3.63, 3.8) is 0 Å². The molecular formula is C18H29BrN2. The Bertz CT molecular complexity index is 459. The Morgan fingerprint density at radius 2 is 2.05 bits per heavy atom. The quantitative estimate of drug-likeness (QED) is 0.816. The number of hydrogen-bond acceptors (Lipinski definition) is 2. The van der Waals surface area contributed by atoms with Crippen molar-refractivity contribution in [1.82, 2.24) is 5.32 Å². The van der Waals surface area contributed by atoms with Gasteiger partial charge in [-0.15, -0.1) is 0 Å². The van der Waals surface area contributed by atoms with E-state index in [1.54, 1.807) is 0 Å². The normalized spacial score (nSPS) is 22.9. The molecule has 1 aromatic rings. The van der Waals surface area contributed by atoms with E-state index in [2.05, 4.69) is 72.0 Å². The predicted octanol–water partition coefficient (Wildman–Crippen LogP) is 4.82. The lowest BCUT2D eigenvalue weighted by molar-refractivity contribution is 0.389. The van der Waals surface area contributed by atoms with E-state index < -0.39 is 0 Å². The fourth-order valence-corrected chi connectivity index (χ4v) is 3.42. The SMILES string of the molecule is CC(C)CNCc1ccc(Br)cc1N1CC(C)CCC1C. The lowest BCUT2D eigenvalue weighted by Crippen LogP contribution is -2.41. The highest BCUT2D eigenvalue weighted by molar-refractivity contribution is 9.10. The van der Waals surface area contributed by atoms with Crippen molar-refractivity contribution in [2.24, 2.45) is 11.8 Å². The molecule has 0 amide bonds. The molecule has 2 unspecified atom stereocenters. The molecule has 0 spiro atoms. The summed E-state index contributed by atoms with van der Waals surface area (Å²) in [7, 11) is 0. The Hall–Kier alpha value is -0.540. The third-order valence-electron chi connectivity index (χ3n) is 4.34. The number of anilines is 1. The lowest BCUT2D eigenvalue weighted by Gasteiger charge is -2.39. The molecule has 0 radical (unpaired) electrons. The highest BCUT2D eigenvalue weighted by Gasteiger charge is 2.24. The minimum absolute atomic E-state index is 0.638. The number of piperidine rings is 1. The molecule has 118 valence electrons. The van der Waals surface area contributed by atoms with Crippen molar-refractivity contribution < 1.29 is 0 Å². The summed E-state index contributed by atoms with van der Waals surface area (Å²) in [6.45, 7) is 12.4. The van der Waals surface area contributed by atoms with Gasteiger partial charge in [0.1, 0.15) is 0 Å². The van der Waals surface area contributed by atoms with Crippen molar-refractivity contribution in [3.8, 4) is 0 Å². The third kappa shape index (κ3) is 4.72. The first-order valence-electron chi connectivity index (χ1n) is 8.23. The molecule has 1 N–H and O–H groups in total. The van der Waals surface area contributed by atoms with Gasteiger partial charge in [-0.3, -0.25) is 0 Å². The van der Waals surface area contributed by atoms with Gasteiger partial charge in [-0.05, 0) is 55.8 Å². The van der Waals surface area contributed by atoms with Crippen LogP contribution in [0.4, 0.5) is 5.69 Å². The van der Waals surface area contributed by atoms with E-state index in [4.69, 9.17) is 0 Å². The van der Waals surface area contributed by atoms with E-state index in [0.29, 0.717) is 12.0 Å². The fourth-order valence-electron chi connectivity index (χ4n) is 3.07. The minimum Gasteiger partial charge on any atom is -0.368 e. The maximum atomic E-state index is 3.64. The Kier molecular flexibility index (Phi) is 6.12. The monoisotopic (exact) mass is 352 g/mol. The van der Waals surface area contributed by atoms with Crippen LogP contribution in [0.5, 0.6) is 0 Å². The summed E-state index contributed by atoms with van der Waals surface area (Å²) in [6, 6.07) is 7.35. The van der Waals surface area contributed by atoms with Gasteiger partial charge in [0.05, 0.1) is 0 Å². The zero-order valence-electron chi connectivity index (χ0n) is 13.8. The summed E-state index contributed by atoms with van der Waals surface area (Å²) in [4.78, 5) is 2.60. The first-order valence-corrected chi connectivity index (χ1v) is 9.02. The van der Waals surface area contributed by atoms with Crippen molar-refractivity contribution in [2.45, 2.75) is 53.1 Å². The molecule has 2 atom stereocenters. The zero-order valence-corrected chi connectivity index (χ0v) is 15.4. The van der Waals surface area contributed by atoms with Crippen LogP contribution in [-0.4, -0.2) is 19.1 Å². The van der Waals surface area contributed by atoms with Gasteiger partial charge in [-0.25, -0.2) is 0 Å². The van der Waals surface area contributed by atoms with Crippen molar-refractivity contribution in [2.75, 3.05) is 18.0 Å². The maximum Gasteiger partial charge on any atom is 0.0425 e. The van der Waals surface area contributed by atoms with Crippen LogP contribution < -0.4 is 10.2 Å². The molecule has 2 rings (SSSR count). The van der Waals surface area contributed by atoms with E-state index in [9.17, 15) is 0 Å². The minimum atomic E-state index is 0.638. The van der Waals surface area contributed by atoms with Crippen LogP contribution in [0, 0.1) is 11.8 Å². The molecule has 0 bridgehead atoms. The average molecular weight is 353 g/mol. The van der Waals surface area contributed by atoms with E-state index in [-0.39, 0.29) is 0 Å². The van der Waals surface area contributed by atoms with E-state index >= 15 is 0 Å². The fraction of sp³-hybridized carbons (Fsp3) is 0.667. The topological polar surface area (TPSA) is 15.3 Å². The molecule has 0 aliphatic carbocycles. The zero-order chi connectivity index (χ0) is 15.4. The third-order valence-corrected chi connectivity index (χ3v) is 4.84. The highest BCUT2D eigenvalue weighted by atomic mass is 79.9. The number of halogens is 1. The van der Waals surface area contributed by atoms with Gasteiger partial charge in [-0.1, -0.05) is 42.8 Å². The predicted molar refractivity (Wildman–Crippen MR) is 95.9 cm³/mol. The van der Waals surface area contributed by atoms with Gasteiger partial charge in [0.25, 0.3) is 0 Å². The Labute approximate surface area is 138 Å². The van der Waals surface area contributed by atoms with Crippen molar-refractivity contribution >= 4 is 21.6 Å². The first-order chi connectivity index (χ1) is 9.97. The van der Waals surface area contributed by atoms with Crippen LogP contribution in [0.3, 0.4) is 0 Å². The summed E-state index contributed by atoms with van der Waals surface area (Å²) in [5.41, 5.74) is 2.82. The average Bonchev–Trinajstić information content (AvgIpc) is 2.43. The molecule has 1 fully saturated rings. The number of nitrogens with zero attached hydrogens (tertiary/aromatic N) is 1. The first kappa shape index (κ1) is 16.8. The molecule has 1 saturated heterocycles. The molecule has 1 heterocycles. The van der Waals surface area contributed by atoms with Gasteiger partial charge in [0, 0.05) is 29.3 Å². The summed E-state index contributed by atoms with van der Waals surface area (Å²) < 4.78 is 1.18. The molecule has 1 aromatic carbocycles. The Balaban J connectivity index is 2.17. The van der Waals surface area contributed by atoms with Crippen LogP contribution in [0.1, 0.15) is 46.1 Å². The van der Waals surface area contributed by atoms with E-state index in [1.165, 1.54) is 35.1 Å². The second-order valence-corrected chi connectivity index (χ2v) is 7.90. The molecule has 0 saturated carbocycles. The van der Waals surface area contributed by atoms with Crippen molar-refractivity contribution in [3.05, 3.63) is 28.2 Å². The van der Waals surface area contributed by atoms with Gasteiger partial charge in [-0.2, -0.15) is 0 Å². The summed E-state index contributed by atoms with van der Waals surface area (Å²) in [6.07, 6.45) is 2.65. The summed E-state index contributed by atoms with van der Waals surface area (Å²) >= 11 is 3.64. The van der Waals surface area contributed by atoms with Crippen LogP contribution in [-0.2, 0) is 6.54 Å².